The second kappa shape index (κ2) is 16.7. The van der Waals surface area contributed by atoms with Crippen molar-refractivity contribution in [3.05, 3.63) is 59.4 Å². The Hall–Kier alpha value is -2.39. The molecule has 0 radical (unpaired) electrons. The second-order valence-corrected chi connectivity index (χ2v) is 10.7. The molecule has 7 nitrogen and oxygen atoms in total. The summed E-state index contributed by atoms with van der Waals surface area (Å²) < 4.78 is 29.7. The number of nitrogens with one attached hydrogen (secondary N) is 1. The standard InChI is InChI=1S/C30H45FN2O5.ClH/c1-20(2)22(16-21-8-13-27(37-6)28(17-21)38-15-7-14-36-5)18-25(32)26(34)19-33-29(35)30(3,4)23-9-11-24(31)12-10-23;/h8-13,17,20,22,25-26,34H,7,14-16,18-19,32H2,1-6H3,(H,33,35);1H. The van der Waals surface area contributed by atoms with E-state index in [0.29, 0.717) is 42.6 Å². The molecular formula is C30H46ClFN2O5. The first-order chi connectivity index (χ1) is 18.0. The lowest BCUT2D eigenvalue weighted by atomic mass is 9.82. The van der Waals surface area contributed by atoms with Crippen LogP contribution in [0.4, 0.5) is 4.39 Å². The van der Waals surface area contributed by atoms with E-state index < -0.39 is 17.6 Å². The molecule has 2 rings (SSSR count). The molecule has 0 bridgehead atoms. The van der Waals surface area contributed by atoms with Crippen molar-refractivity contribution in [2.75, 3.05) is 34.0 Å². The lowest BCUT2D eigenvalue weighted by Gasteiger charge is -2.29. The first kappa shape index (κ1) is 34.6. The highest BCUT2D eigenvalue weighted by Gasteiger charge is 2.31. The maximum Gasteiger partial charge on any atom is 0.230 e. The largest absolute Gasteiger partial charge is 0.493 e. The number of rotatable bonds is 16. The fourth-order valence-corrected chi connectivity index (χ4v) is 4.31. The molecule has 3 unspecified atom stereocenters. The number of methoxy groups -OCH3 is 2. The topological polar surface area (TPSA) is 103 Å². The van der Waals surface area contributed by atoms with Gasteiger partial charge in [0.1, 0.15) is 5.82 Å². The van der Waals surface area contributed by atoms with Gasteiger partial charge in [-0.25, -0.2) is 4.39 Å². The van der Waals surface area contributed by atoms with Gasteiger partial charge in [0.05, 0.1) is 25.2 Å². The normalized spacial score (nSPS) is 13.8. The van der Waals surface area contributed by atoms with Crippen LogP contribution in [0, 0.1) is 17.7 Å². The van der Waals surface area contributed by atoms with Gasteiger partial charge in [0.25, 0.3) is 0 Å². The zero-order valence-electron chi connectivity index (χ0n) is 24.0. The van der Waals surface area contributed by atoms with Crippen LogP contribution in [0.1, 0.15) is 51.7 Å². The summed E-state index contributed by atoms with van der Waals surface area (Å²) in [4.78, 5) is 12.9. The molecule has 0 aliphatic carbocycles. The molecule has 0 aromatic heterocycles. The third-order valence-electron chi connectivity index (χ3n) is 7.09. The van der Waals surface area contributed by atoms with Gasteiger partial charge in [0.2, 0.25) is 5.91 Å². The predicted octanol–water partition coefficient (Wildman–Crippen LogP) is 4.66. The second-order valence-electron chi connectivity index (χ2n) is 10.7. The third kappa shape index (κ3) is 10.6. The molecule has 0 heterocycles. The summed E-state index contributed by atoms with van der Waals surface area (Å²) in [6.45, 7) is 9.01. The Kier molecular flexibility index (Phi) is 14.8. The van der Waals surface area contributed by atoms with Crippen LogP contribution in [0.15, 0.2) is 42.5 Å². The molecule has 0 saturated carbocycles. The van der Waals surface area contributed by atoms with Crippen LogP contribution >= 0.6 is 12.4 Å². The average Bonchev–Trinajstić information content (AvgIpc) is 2.89. The monoisotopic (exact) mass is 568 g/mol. The van der Waals surface area contributed by atoms with Crippen molar-refractivity contribution in [3.63, 3.8) is 0 Å². The highest BCUT2D eigenvalue weighted by Crippen LogP contribution is 2.31. The van der Waals surface area contributed by atoms with Crippen LogP contribution in [0.3, 0.4) is 0 Å². The summed E-state index contributed by atoms with van der Waals surface area (Å²) in [7, 11) is 3.28. The highest BCUT2D eigenvalue weighted by molar-refractivity contribution is 5.87. The van der Waals surface area contributed by atoms with Crippen LogP contribution in [-0.2, 0) is 21.4 Å². The highest BCUT2D eigenvalue weighted by atomic mass is 35.5. The molecule has 3 atom stereocenters. The van der Waals surface area contributed by atoms with E-state index >= 15 is 0 Å². The SMILES string of the molecule is COCCCOc1cc(CC(CC(N)C(O)CNC(=O)C(C)(C)c2ccc(F)cc2)C(C)C)ccc1OC.Cl. The Bertz CT molecular complexity index is 1000. The molecule has 0 aliphatic rings. The smallest absolute Gasteiger partial charge is 0.230 e. The van der Waals surface area contributed by atoms with Crippen molar-refractivity contribution in [1.29, 1.82) is 0 Å². The number of carbonyl (C=O) groups excluding carboxylic acids is 1. The van der Waals surface area contributed by atoms with Gasteiger partial charge in [0, 0.05) is 32.7 Å². The Morgan fingerprint density at radius 3 is 2.33 bits per heavy atom. The number of carbonyl (C=O) groups is 1. The summed E-state index contributed by atoms with van der Waals surface area (Å²) in [5.74, 6) is 1.30. The number of benzene rings is 2. The van der Waals surface area contributed by atoms with Gasteiger partial charge < -0.3 is 30.4 Å². The summed E-state index contributed by atoms with van der Waals surface area (Å²) in [6, 6.07) is 11.3. The van der Waals surface area contributed by atoms with Gasteiger partial charge in [-0.05, 0) is 73.9 Å². The summed E-state index contributed by atoms with van der Waals surface area (Å²) in [6.07, 6.45) is 1.23. The van der Waals surface area contributed by atoms with E-state index in [1.165, 1.54) is 12.1 Å². The van der Waals surface area contributed by atoms with Crippen LogP contribution in [0.25, 0.3) is 0 Å². The van der Waals surface area contributed by atoms with Gasteiger partial charge in [-0.2, -0.15) is 0 Å². The van der Waals surface area contributed by atoms with E-state index in [1.807, 2.05) is 18.2 Å². The van der Waals surface area contributed by atoms with Crippen molar-refractivity contribution < 1.29 is 28.5 Å². The van der Waals surface area contributed by atoms with Gasteiger partial charge in [-0.15, -0.1) is 12.4 Å². The van der Waals surface area contributed by atoms with E-state index in [1.54, 1.807) is 40.2 Å². The van der Waals surface area contributed by atoms with E-state index in [0.717, 1.165) is 18.4 Å². The van der Waals surface area contributed by atoms with E-state index in [9.17, 15) is 14.3 Å². The Labute approximate surface area is 239 Å². The Morgan fingerprint density at radius 1 is 1.08 bits per heavy atom. The van der Waals surface area contributed by atoms with Crippen molar-refractivity contribution in [2.45, 2.75) is 64.5 Å². The molecular weight excluding hydrogens is 523 g/mol. The van der Waals surface area contributed by atoms with Crippen LogP contribution in [0.5, 0.6) is 11.5 Å². The lowest BCUT2D eigenvalue weighted by molar-refractivity contribution is -0.126. The molecule has 0 saturated heterocycles. The molecule has 2 aromatic carbocycles. The molecule has 9 heteroatoms. The van der Waals surface area contributed by atoms with Crippen LogP contribution in [-0.4, -0.2) is 57.1 Å². The summed E-state index contributed by atoms with van der Waals surface area (Å²) in [5.41, 5.74) is 7.31. The number of nitrogens with two attached hydrogens (primary N) is 1. The number of aliphatic hydroxyl groups excluding tert-OH is 1. The van der Waals surface area contributed by atoms with Crippen molar-refractivity contribution in [3.8, 4) is 11.5 Å². The zero-order chi connectivity index (χ0) is 28.3. The van der Waals surface area contributed by atoms with E-state index in [4.69, 9.17) is 19.9 Å². The minimum Gasteiger partial charge on any atom is -0.493 e. The van der Waals surface area contributed by atoms with E-state index in [2.05, 4.69) is 19.2 Å². The van der Waals surface area contributed by atoms with Crippen LogP contribution in [0.2, 0.25) is 0 Å². The third-order valence-corrected chi connectivity index (χ3v) is 7.09. The first-order valence-electron chi connectivity index (χ1n) is 13.3. The van der Waals surface area contributed by atoms with Crippen LogP contribution < -0.4 is 20.5 Å². The molecule has 0 fully saturated rings. The van der Waals surface area contributed by atoms with Crippen molar-refractivity contribution >= 4 is 18.3 Å². The van der Waals surface area contributed by atoms with Gasteiger partial charge >= 0.3 is 0 Å². The molecule has 4 N–H and O–H groups in total. The number of ether oxygens (including phenoxy) is 3. The predicted molar refractivity (Wildman–Crippen MR) is 155 cm³/mol. The fraction of sp³-hybridized carbons (Fsp3) is 0.567. The molecule has 0 spiro atoms. The number of aliphatic hydroxyl groups is 1. The number of hydrogen-bond donors (Lipinski definition) is 3. The van der Waals surface area contributed by atoms with Crippen molar-refractivity contribution in [1.82, 2.24) is 5.32 Å². The molecule has 1 amide bonds. The molecule has 39 heavy (non-hydrogen) atoms. The maximum absolute atomic E-state index is 13.3. The van der Waals surface area contributed by atoms with Crippen molar-refractivity contribution in [2.24, 2.45) is 17.6 Å². The molecule has 0 aliphatic heterocycles. The molecule has 220 valence electrons. The zero-order valence-corrected chi connectivity index (χ0v) is 24.9. The van der Waals surface area contributed by atoms with Gasteiger partial charge in [-0.1, -0.05) is 32.0 Å². The summed E-state index contributed by atoms with van der Waals surface area (Å²) in [5, 5.41) is 13.6. The Balaban J connectivity index is 0.00000760. The number of halogens is 2. The van der Waals surface area contributed by atoms with E-state index in [-0.39, 0.29) is 36.6 Å². The van der Waals surface area contributed by atoms with Gasteiger partial charge in [0.15, 0.2) is 11.5 Å². The lowest BCUT2D eigenvalue weighted by Crippen LogP contribution is -2.48. The Morgan fingerprint density at radius 2 is 1.74 bits per heavy atom. The maximum atomic E-state index is 13.3. The number of amides is 1. The average molecular weight is 569 g/mol. The quantitative estimate of drug-likeness (QED) is 0.255. The minimum absolute atomic E-state index is 0. The van der Waals surface area contributed by atoms with Gasteiger partial charge in [-0.3, -0.25) is 4.79 Å². The fourth-order valence-electron chi connectivity index (χ4n) is 4.31. The molecule has 2 aromatic rings. The first-order valence-corrected chi connectivity index (χ1v) is 13.3. The minimum atomic E-state index is -0.903. The number of hydrogen-bond acceptors (Lipinski definition) is 6. The summed E-state index contributed by atoms with van der Waals surface area (Å²) >= 11 is 0.